The average Bonchev–Trinajstić information content (AvgIpc) is 3.59. The van der Waals surface area contributed by atoms with Crippen LogP contribution in [0.3, 0.4) is 0 Å². The molecule has 1 heterocycles. The van der Waals surface area contributed by atoms with E-state index in [4.69, 9.17) is 0 Å². The van der Waals surface area contributed by atoms with E-state index in [1.54, 1.807) is 29.2 Å². The van der Waals surface area contributed by atoms with Crippen molar-refractivity contribution in [1.82, 2.24) is 9.21 Å². The van der Waals surface area contributed by atoms with Crippen LogP contribution in [0.1, 0.15) is 48.0 Å². The van der Waals surface area contributed by atoms with E-state index < -0.39 is 10.0 Å². The number of rotatable bonds is 6. The predicted octanol–water partition coefficient (Wildman–Crippen LogP) is 4.57. The minimum Gasteiger partial charge on any atom is -0.331 e. The SMILES string of the molecule is O=C(c1cc(S(=O)(=O)N2CCCCC2)ccc1Br)N(Cc1ccc(F)cc1)C1CC1. The number of benzene rings is 2. The first-order valence-electron chi connectivity index (χ1n) is 10.2. The average molecular weight is 495 g/mol. The van der Waals surface area contributed by atoms with E-state index in [1.807, 2.05) is 0 Å². The van der Waals surface area contributed by atoms with Crippen molar-refractivity contribution in [2.24, 2.45) is 0 Å². The van der Waals surface area contributed by atoms with Gasteiger partial charge in [0.25, 0.3) is 5.91 Å². The van der Waals surface area contributed by atoms with Crippen LogP contribution in [0.15, 0.2) is 51.8 Å². The monoisotopic (exact) mass is 494 g/mol. The zero-order valence-electron chi connectivity index (χ0n) is 16.6. The van der Waals surface area contributed by atoms with E-state index in [0.717, 1.165) is 37.7 Å². The molecule has 0 N–H and O–H groups in total. The van der Waals surface area contributed by atoms with E-state index in [9.17, 15) is 17.6 Å². The fraction of sp³-hybridized carbons (Fsp3) is 0.409. The highest BCUT2D eigenvalue weighted by Gasteiger charge is 2.35. The lowest BCUT2D eigenvalue weighted by Gasteiger charge is -2.27. The number of carbonyl (C=O) groups is 1. The molecule has 1 aliphatic carbocycles. The second-order valence-corrected chi connectivity index (χ2v) is 10.7. The number of piperidine rings is 1. The molecule has 1 saturated carbocycles. The van der Waals surface area contributed by atoms with Crippen LogP contribution in [0.25, 0.3) is 0 Å². The summed E-state index contributed by atoms with van der Waals surface area (Å²) in [6.45, 7) is 1.39. The Labute approximate surface area is 185 Å². The first-order chi connectivity index (χ1) is 14.4. The van der Waals surface area contributed by atoms with Crippen LogP contribution < -0.4 is 0 Å². The Kier molecular flexibility index (Phi) is 6.27. The molecule has 2 aromatic rings. The Morgan fingerprint density at radius 2 is 1.73 bits per heavy atom. The van der Waals surface area contributed by atoms with Gasteiger partial charge in [0.1, 0.15) is 5.82 Å². The van der Waals surface area contributed by atoms with Gasteiger partial charge in [-0.05, 0) is 77.5 Å². The number of hydrogen-bond acceptors (Lipinski definition) is 3. The van der Waals surface area contributed by atoms with Gasteiger partial charge in [-0.15, -0.1) is 0 Å². The lowest BCUT2D eigenvalue weighted by Crippen LogP contribution is -2.36. The summed E-state index contributed by atoms with van der Waals surface area (Å²) >= 11 is 3.42. The molecule has 0 spiro atoms. The molecule has 2 aromatic carbocycles. The Balaban J connectivity index is 1.62. The summed E-state index contributed by atoms with van der Waals surface area (Å²) in [7, 11) is -3.63. The zero-order chi connectivity index (χ0) is 21.3. The van der Waals surface area contributed by atoms with Crippen molar-refractivity contribution >= 4 is 31.9 Å². The fourth-order valence-corrected chi connectivity index (χ4v) is 5.74. The lowest BCUT2D eigenvalue weighted by molar-refractivity contribution is 0.0728. The first-order valence-corrected chi connectivity index (χ1v) is 12.4. The van der Waals surface area contributed by atoms with Gasteiger partial charge >= 0.3 is 0 Å². The first kappa shape index (κ1) is 21.5. The normalized spacial score (nSPS) is 17.7. The van der Waals surface area contributed by atoms with E-state index in [0.29, 0.717) is 29.7 Å². The van der Waals surface area contributed by atoms with E-state index >= 15 is 0 Å². The number of hydrogen-bond donors (Lipinski definition) is 0. The molecule has 0 atom stereocenters. The summed E-state index contributed by atoms with van der Waals surface area (Å²) in [6.07, 6.45) is 4.58. The molecule has 0 bridgehead atoms. The standard InChI is InChI=1S/C22H24BrFN2O3S/c23-21-11-10-19(30(28,29)25-12-2-1-3-13-25)14-20(21)22(27)26(18-8-9-18)15-16-4-6-17(24)7-5-16/h4-7,10-11,14,18H,1-3,8-9,12-13,15H2. The van der Waals surface area contributed by atoms with Gasteiger partial charge < -0.3 is 4.90 Å². The third-order valence-electron chi connectivity index (χ3n) is 5.64. The van der Waals surface area contributed by atoms with Crippen molar-refractivity contribution in [1.29, 1.82) is 0 Å². The summed E-state index contributed by atoms with van der Waals surface area (Å²) in [6, 6.07) is 10.9. The van der Waals surface area contributed by atoms with Crippen molar-refractivity contribution in [2.45, 2.75) is 49.6 Å². The molecule has 1 saturated heterocycles. The van der Waals surface area contributed by atoms with Crippen molar-refractivity contribution < 1.29 is 17.6 Å². The van der Waals surface area contributed by atoms with Gasteiger partial charge in [-0.2, -0.15) is 4.31 Å². The smallest absolute Gasteiger partial charge is 0.255 e. The number of amides is 1. The second-order valence-electron chi connectivity index (χ2n) is 7.90. The van der Waals surface area contributed by atoms with Crippen molar-refractivity contribution in [3.05, 3.63) is 63.9 Å². The number of nitrogens with zero attached hydrogens (tertiary/aromatic N) is 2. The Morgan fingerprint density at radius 1 is 1.07 bits per heavy atom. The third kappa shape index (κ3) is 4.60. The fourth-order valence-electron chi connectivity index (χ4n) is 3.78. The number of carbonyl (C=O) groups excluding carboxylic acids is 1. The van der Waals surface area contributed by atoms with Crippen molar-refractivity contribution in [2.75, 3.05) is 13.1 Å². The van der Waals surface area contributed by atoms with Gasteiger partial charge in [0.2, 0.25) is 10.0 Å². The van der Waals surface area contributed by atoms with Gasteiger partial charge in [-0.1, -0.05) is 18.6 Å². The van der Waals surface area contributed by atoms with Crippen LogP contribution in [-0.4, -0.2) is 42.7 Å². The summed E-state index contributed by atoms with van der Waals surface area (Å²) in [4.78, 5) is 15.3. The highest BCUT2D eigenvalue weighted by molar-refractivity contribution is 9.10. The lowest BCUT2D eigenvalue weighted by atomic mass is 10.1. The molecule has 0 radical (unpaired) electrons. The molecule has 1 amide bonds. The van der Waals surface area contributed by atoms with E-state index in [1.165, 1.54) is 22.5 Å². The second kappa shape index (κ2) is 8.77. The largest absolute Gasteiger partial charge is 0.331 e. The van der Waals surface area contributed by atoms with Crippen molar-refractivity contribution in [3.8, 4) is 0 Å². The van der Waals surface area contributed by atoms with Gasteiger partial charge in [0.15, 0.2) is 0 Å². The maximum atomic E-state index is 13.4. The van der Waals surface area contributed by atoms with Crippen LogP contribution in [-0.2, 0) is 16.6 Å². The molecule has 4 rings (SSSR count). The molecule has 0 unspecified atom stereocenters. The van der Waals surface area contributed by atoms with Crippen molar-refractivity contribution in [3.63, 3.8) is 0 Å². The van der Waals surface area contributed by atoms with E-state index in [-0.39, 0.29) is 22.7 Å². The molecule has 5 nitrogen and oxygen atoms in total. The molecule has 2 fully saturated rings. The minimum absolute atomic E-state index is 0.122. The van der Waals surface area contributed by atoms with Crippen LogP contribution in [0, 0.1) is 5.82 Å². The van der Waals surface area contributed by atoms with Gasteiger partial charge in [0.05, 0.1) is 10.5 Å². The van der Waals surface area contributed by atoms with E-state index in [2.05, 4.69) is 15.9 Å². The maximum absolute atomic E-state index is 13.4. The molecule has 0 aromatic heterocycles. The molecule has 2 aliphatic rings. The Morgan fingerprint density at radius 3 is 2.37 bits per heavy atom. The Bertz CT molecular complexity index is 1030. The summed E-state index contributed by atoms with van der Waals surface area (Å²) in [5, 5.41) is 0. The molecule has 1 aliphatic heterocycles. The number of sulfonamides is 1. The zero-order valence-corrected chi connectivity index (χ0v) is 19.0. The van der Waals surface area contributed by atoms with Gasteiger partial charge in [0, 0.05) is 30.1 Å². The molecule has 30 heavy (non-hydrogen) atoms. The van der Waals surface area contributed by atoms with Gasteiger partial charge in [-0.3, -0.25) is 4.79 Å². The number of halogens is 2. The van der Waals surface area contributed by atoms with Crippen LogP contribution in [0.2, 0.25) is 0 Å². The maximum Gasteiger partial charge on any atom is 0.255 e. The highest BCUT2D eigenvalue weighted by Crippen LogP contribution is 2.32. The quantitative estimate of drug-likeness (QED) is 0.590. The summed E-state index contributed by atoms with van der Waals surface area (Å²) in [5.41, 5.74) is 1.17. The van der Waals surface area contributed by atoms with Gasteiger partial charge in [-0.25, -0.2) is 12.8 Å². The summed E-state index contributed by atoms with van der Waals surface area (Å²) < 4.78 is 41.4. The molecule has 160 valence electrons. The third-order valence-corrected chi connectivity index (χ3v) is 8.22. The topological polar surface area (TPSA) is 57.7 Å². The Hall–Kier alpha value is -1.77. The predicted molar refractivity (Wildman–Crippen MR) is 116 cm³/mol. The highest BCUT2D eigenvalue weighted by atomic mass is 79.9. The van der Waals surface area contributed by atoms with Crippen LogP contribution in [0.4, 0.5) is 4.39 Å². The molecular weight excluding hydrogens is 471 g/mol. The molecule has 8 heteroatoms. The minimum atomic E-state index is -3.63. The summed E-state index contributed by atoms with van der Waals surface area (Å²) in [5.74, 6) is -0.536. The molecular formula is C22H24BrFN2O3S. The van der Waals surface area contributed by atoms with Crippen LogP contribution >= 0.6 is 15.9 Å². The van der Waals surface area contributed by atoms with Crippen LogP contribution in [0.5, 0.6) is 0 Å².